The zero-order valence-corrected chi connectivity index (χ0v) is 10.2. The van der Waals surface area contributed by atoms with Crippen LogP contribution in [0.25, 0.3) is 0 Å². The summed E-state index contributed by atoms with van der Waals surface area (Å²) < 4.78 is 0. The molecule has 1 amide bonds. The first-order chi connectivity index (χ1) is 8.13. The highest BCUT2D eigenvalue weighted by Crippen LogP contribution is 2.31. The number of carbonyl (C=O) groups excluding carboxylic acids is 1. The molecule has 1 atom stereocenters. The van der Waals surface area contributed by atoms with Gasteiger partial charge in [0.25, 0.3) is 0 Å². The molecule has 1 fully saturated rings. The summed E-state index contributed by atoms with van der Waals surface area (Å²) in [7, 11) is 0. The van der Waals surface area contributed by atoms with Crippen molar-refractivity contribution in [2.45, 2.75) is 13.0 Å². The lowest BCUT2D eigenvalue weighted by Crippen LogP contribution is -2.27. The van der Waals surface area contributed by atoms with Crippen LogP contribution < -0.4 is 10.6 Å². The Kier molecular flexibility index (Phi) is 3.54. The molecule has 1 saturated heterocycles. The third-order valence-electron chi connectivity index (χ3n) is 3.18. The number of aliphatic hydroxyl groups is 1. The third-order valence-corrected chi connectivity index (χ3v) is 3.54. The van der Waals surface area contributed by atoms with E-state index in [2.05, 4.69) is 0 Å². The summed E-state index contributed by atoms with van der Waals surface area (Å²) in [6.45, 7) is 1.26. The van der Waals surface area contributed by atoms with Crippen molar-refractivity contribution in [3.05, 3.63) is 28.8 Å². The Labute approximate surface area is 105 Å². The van der Waals surface area contributed by atoms with Crippen molar-refractivity contribution >= 4 is 23.2 Å². The summed E-state index contributed by atoms with van der Waals surface area (Å²) in [6, 6.07) is 5.49. The molecule has 1 aliphatic heterocycles. The molecule has 0 aliphatic carbocycles. The van der Waals surface area contributed by atoms with E-state index in [0.29, 0.717) is 17.1 Å². The predicted molar refractivity (Wildman–Crippen MR) is 66.9 cm³/mol. The second kappa shape index (κ2) is 4.94. The molecule has 92 valence electrons. The highest BCUT2D eigenvalue weighted by molar-refractivity contribution is 6.31. The summed E-state index contributed by atoms with van der Waals surface area (Å²) in [6.07, 6.45) is 0.757. The van der Waals surface area contributed by atoms with Crippen LogP contribution >= 0.6 is 11.6 Å². The molecule has 1 aromatic carbocycles. The van der Waals surface area contributed by atoms with Crippen LogP contribution in [0, 0.1) is 5.92 Å². The number of primary amides is 1. The van der Waals surface area contributed by atoms with Gasteiger partial charge in [-0.15, -0.1) is 0 Å². The molecule has 1 heterocycles. The molecule has 2 rings (SSSR count). The van der Waals surface area contributed by atoms with Crippen molar-refractivity contribution in [2.24, 2.45) is 11.7 Å². The van der Waals surface area contributed by atoms with Gasteiger partial charge in [0.2, 0.25) is 5.91 Å². The topological polar surface area (TPSA) is 66.6 Å². The summed E-state index contributed by atoms with van der Waals surface area (Å²) in [5, 5.41) is 9.88. The summed E-state index contributed by atoms with van der Waals surface area (Å²) >= 11 is 6.03. The lowest BCUT2D eigenvalue weighted by Gasteiger charge is -2.21. The first-order valence-corrected chi connectivity index (χ1v) is 5.93. The molecule has 0 aromatic heterocycles. The summed E-state index contributed by atoms with van der Waals surface area (Å²) in [4.78, 5) is 13.2. The number of hydrogen-bond donors (Lipinski definition) is 2. The van der Waals surface area contributed by atoms with E-state index in [1.54, 1.807) is 6.07 Å². The van der Waals surface area contributed by atoms with Crippen LogP contribution in [0.15, 0.2) is 18.2 Å². The lowest BCUT2D eigenvalue weighted by atomic mass is 10.1. The molecule has 0 bridgehead atoms. The van der Waals surface area contributed by atoms with E-state index in [1.807, 2.05) is 17.0 Å². The Morgan fingerprint density at radius 2 is 2.35 bits per heavy atom. The van der Waals surface area contributed by atoms with Crippen LogP contribution in [-0.4, -0.2) is 24.1 Å². The standard InChI is InChI=1S/C12H15ClN2O2/c13-10-2-1-3-11(9(10)7-16)15-5-4-8(6-15)12(14)17/h1-3,8,16H,4-7H2,(H2,14,17). The number of rotatable bonds is 3. The van der Waals surface area contributed by atoms with Gasteiger partial charge in [-0.1, -0.05) is 17.7 Å². The summed E-state index contributed by atoms with van der Waals surface area (Å²) in [5.41, 5.74) is 6.90. The molecule has 0 spiro atoms. The van der Waals surface area contributed by atoms with Crippen LogP contribution in [0.3, 0.4) is 0 Å². The van der Waals surface area contributed by atoms with Crippen molar-refractivity contribution in [2.75, 3.05) is 18.0 Å². The van der Waals surface area contributed by atoms with Crippen molar-refractivity contribution in [3.8, 4) is 0 Å². The quantitative estimate of drug-likeness (QED) is 0.850. The van der Waals surface area contributed by atoms with Crippen LogP contribution in [-0.2, 0) is 11.4 Å². The second-order valence-corrected chi connectivity index (χ2v) is 4.64. The zero-order valence-electron chi connectivity index (χ0n) is 9.40. The largest absolute Gasteiger partial charge is 0.392 e. The SMILES string of the molecule is NC(=O)C1CCN(c2cccc(Cl)c2CO)C1. The fraction of sp³-hybridized carbons (Fsp3) is 0.417. The highest BCUT2D eigenvalue weighted by Gasteiger charge is 2.28. The fourth-order valence-corrected chi connectivity index (χ4v) is 2.44. The molecular formula is C12H15ClN2O2. The average molecular weight is 255 g/mol. The number of halogens is 1. The monoisotopic (exact) mass is 254 g/mol. The van der Waals surface area contributed by atoms with Gasteiger partial charge in [-0.05, 0) is 18.6 Å². The van der Waals surface area contributed by atoms with Crippen LogP contribution in [0.1, 0.15) is 12.0 Å². The maximum atomic E-state index is 11.1. The number of aliphatic hydroxyl groups excluding tert-OH is 1. The normalized spacial score (nSPS) is 19.6. The van der Waals surface area contributed by atoms with Gasteiger partial charge in [-0.25, -0.2) is 0 Å². The van der Waals surface area contributed by atoms with Crippen molar-refractivity contribution in [1.29, 1.82) is 0 Å². The number of carbonyl (C=O) groups is 1. The lowest BCUT2D eigenvalue weighted by molar-refractivity contribution is -0.121. The molecular weight excluding hydrogens is 240 g/mol. The maximum Gasteiger partial charge on any atom is 0.222 e. The van der Waals surface area contributed by atoms with E-state index in [1.165, 1.54) is 0 Å². The Bertz CT molecular complexity index is 437. The molecule has 4 nitrogen and oxygen atoms in total. The molecule has 0 saturated carbocycles. The molecule has 17 heavy (non-hydrogen) atoms. The number of nitrogens with two attached hydrogens (primary N) is 1. The van der Waals surface area contributed by atoms with Gasteiger partial charge < -0.3 is 15.7 Å². The van der Waals surface area contributed by atoms with Gasteiger partial charge in [-0.2, -0.15) is 0 Å². The number of anilines is 1. The smallest absolute Gasteiger partial charge is 0.222 e. The zero-order chi connectivity index (χ0) is 12.4. The minimum absolute atomic E-state index is 0.104. The third kappa shape index (κ3) is 2.37. The number of hydrogen-bond acceptors (Lipinski definition) is 3. The van der Waals surface area contributed by atoms with Gasteiger partial charge in [0.15, 0.2) is 0 Å². The number of benzene rings is 1. The number of nitrogens with zero attached hydrogens (tertiary/aromatic N) is 1. The van der Waals surface area contributed by atoms with E-state index >= 15 is 0 Å². The molecule has 1 unspecified atom stereocenters. The minimum Gasteiger partial charge on any atom is -0.392 e. The Balaban J connectivity index is 2.24. The Morgan fingerprint density at radius 3 is 2.94 bits per heavy atom. The van der Waals surface area contributed by atoms with Crippen LogP contribution in [0.4, 0.5) is 5.69 Å². The Hall–Kier alpha value is -1.26. The van der Waals surface area contributed by atoms with Gasteiger partial charge in [0.1, 0.15) is 0 Å². The van der Waals surface area contributed by atoms with Crippen molar-refractivity contribution in [1.82, 2.24) is 0 Å². The minimum atomic E-state index is -0.264. The maximum absolute atomic E-state index is 11.1. The van der Waals surface area contributed by atoms with E-state index in [9.17, 15) is 9.90 Å². The van der Waals surface area contributed by atoms with E-state index in [4.69, 9.17) is 17.3 Å². The first kappa shape index (κ1) is 12.2. The molecule has 1 aliphatic rings. The number of amides is 1. The predicted octanol–water partition coefficient (Wildman–Crippen LogP) is 1.14. The van der Waals surface area contributed by atoms with Crippen molar-refractivity contribution in [3.63, 3.8) is 0 Å². The van der Waals surface area contributed by atoms with Crippen molar-refractivity contribution < 1.29 is 9.90 Å². The molecule has 1 aromatic rings. The highest BCUT2D eigenvalue weighted by atomic mass is 35.5. The van der Waals surface area contributed by atoms with Crippen LogP contribution in [0.2, 0.25) is 5.02 Å². The summed E-state index contributed by atoms with van der Waals surface area (Å²) in [5.74, 6) is -0.374. The van der Waals surface area contributed by atoms with E-state index < -0.39 is 0 Å². The Morgan fingerprint density at radius 1 is 1.59 bits per heavy atom. The molecule has 3 N–H and O–H groups in total. The molecule has 5 heteroatoms. The fourth-order valence-electron chi connectivity index (χ4n) is 2.21. The van der Waals surface area contributed by atoms with Gasteiger partial charge >= 0.3 is 0 Å². The average Bonchev–Trinajstić information content (AvgIpc) is 2.77. The van der Waals surface area contributed by atoms with E-state index in [-0.39, 0.29) is 18.4 Å². The van der Waals surface area contributed by atoms with Gasteiger partial charge in [0.05, 0.1) is 12.5 Å². The second-order valence-electron chi connectivity index (χ2n) is 4.23. The van der Waals surface area contributed by atoms with Crippen LogP contribution in [0.5, 0.6) is 0 Å². The van der Waals surface area contributed by atoms with Gasteiger partial charge in [-0.3, -0.25) is 4.79 Å². The first-order valence-electron chi connectivity index (χ1n) is 5.56. The molecule has 0 radical (unpaired) electrons. The van der Waals surface area contributed by atoms with E-state index in [0.717, 1.165) is 18.7 Å². The van der Waals surface area contributed by atoms with Gasteiger partial charge in [0, 0.05) is 29.4 Å².